The lowest BCUT2D eigenvalue weighted by Crippen LogP contribution is -2.26. The summed E-state index contributed by atoms with van der Waals surface area (Å²) in [5.41, 5.74) is 5.33. The molecular formula is C28H28ClN3O2. The molecular weight excluding hydrogens is 446 g/mol. The van der Waals surface area contributed by atoms with Crippen molar-refractivity contribution in [2.75, 3.05) is 18.1 Å². The molecule has 1 aliphatic rings. The molecule has 0 radical (unpaired) electrons. The topological polar surface area (TPSA) is 47.4 Å². The fourth-order valence-electron chi connectivity index (χ4n) is 4.94. The maximum atomic E-state index is 13.1. The van der Waals surface area contributed by atoms with Crippen molar-refractivity contribution < 1.29 is 9.53 Å². The van der Waals surface area contributed by atoms with Crippen LogP contribution in [0.2, 0.25) is 5.02 Å². The second-order valence-electron chi connectivity index (χ2n) is 8.89. The highest BCUT2D eigenvalue weighted by molar-refractivity contribution is 6.32. The van der Waals surface area contributed by atoms with Crippen LogP contribution < -0.4 is 9.64 Å². The molecule has 0 aliphatic carbocycles. The van der Waals surface area contributed by atoms with Gasteiger partial charge in [-0.1, -0.05) is 54.1 Å². The van der Waals surface area contributed by atoms with Gasteiger partial charge in [0.25, 0.3) is 0 Å². The zero-order valence-corrected chi connectivity index (χ0v) is 20.3. The van der Waals surface area contributed by atoms with Gasteiger partial charge in [0.2, 0.25) is 5.91 Å². The molecule has 1 saturated heterocycles. The molecule has 1 fully saturated rings. The average Bonchev–Trinajstić information content (AvgIpc) is 3.38. The molecule has 1 amide bonds. The van der Waals surface area contributed by atoms with Gasteiger partial charge in [0.15, 0.2) is 0 Å². The zero-order valence-electron chi connectivity index (χ0n) is 19.5. The minimum absolute atomic E-state index is 0.0448. The number of amides is 1. The van der Waals surface area contributed by atoms with E-state index >= 15 is 0 Å². The summed E-state index contributed by atoms with van der Waals surface area (Å²) in [4.78, 5) is 20.0. The van der Waals surface area contributed by atoms with Crippen LogP contribution in [-0.2, 0) is 11.3 Å². The Morgan fingerprint density at radius 2 is 1.74 bits per heavy atom. The second-order valence-corrected chi connectivity index (χ2v) is 9.30. The maximum absolute atomic E-state index is 13.1. The van der Waals surface area contributed by atoms with E-state index in [1.807, 2.05) is 53.4 Å². The van der Waals surface area contributed by atoms with E-state index in [0.29, 0.717) is 30.3 Å². The van der Waals surface area contributed by atoms with Gasteiger partial charge in [-0.05, 0) is 55.7 Å². The quantitative estimate of drug-likeness (QED) is 0.296. The summed E-state index contributed by atoms with van der Waals surface area (Å²) in [6, 6.07) is 21.9. The number of halogens is 1. The van der Waals surface area contributed by atoms with Gasteiger partial charge >= 0.3 is 0 Å². The van der Waals surface area contributed by atoms with E-state index < -0.39 is 0 Å². The molecule has 0 saturated carbocycles. The van der Waals surface area contributed by atoms with Crippen molar-refractivity contribution in [2.24, 2.45) is 0 Å². The number of carbonyl (C=O) groups excluding carboxylic acids is 1. The van der Waals surface area contributed by atoms with E-state index in [1.165, 1.54) is 0 Å². The number of imidazole rings is 1. The van der Waals surface area contributed by atoms with Crippen molar-refractivity contribution in [3.05, 3.63) is 88.7 Å². The Kier molecular flexibility index (Phi) is 6.29. The highest BCUT2D eigenvalue weighted by atomic mass is 35.5. The number of aromatic nitrogens is 2. The molecule has 0 spiro atoms. The Hall–Kier alpha value is -3.31. The van der Waals surface area contributed by atoms with Crippen LogP contribution in [0.1, 0.15) is 35.7 Å². The predicted octanol–water partition coefficient (Wildman–Crippen LogP) is 6.30. The number of fused-ring (bicyclic) bond motifs is 1. The van der Waals surface area contributed by atoms with Crippen molar-refractivity contribution in [1.82, 2.24) is 9.55 Å². The molecule has 1 aromatic heterocycles. The summed E-state index contributed by atoms with van der Waals surface area (Å²) < 4.78 is 8.16. The number of carbonyl (C=O) groups is 1. The lowest BCUT2D eigenvalue weighted by molar-refractivity contribution is -0.117. The van der Waals surface area contributed by atoms with Crippen molar-refractivity contribution in [1.29, 1.82) is 0 Å². The van der Waals surface area contributed by atoms with Crippen LogP contribution in [0, 0.1) is 13.8 Å². The molecule has 34 heavy (non-hydrogen) atoms. The first kappa shape index (κ1) is 22.5. The summed E-state index contributed by atoms with van der Waals surface area (Å²) >= 11 is 6.22. The average molecular weight is 474 g/mol. The minimum atomic E-state index is 0.0448. The van der Waals surface area contributed by atoms with Crippen molar-refractivity contribution >= 4 is 34.2 Å². The Morgan fingerprint density at radius 1 is 1.00 bits per heavy atom. The molecule has 3 aromatic carbocycles. The fraction of sp³-hybridized carbons (Fsp3) is 0.286. The Morgan fingerprint density at radius 3 is 2.53 bits per heavy atom. The van der Waals surface area contributed by atoms with Crippen molar-refractivity contribution in [3.63, 3.8) is 0 Å². The first-order valence-electron chi connectivity index (χ1n) is 11.7. The Labute approximate surface area is 204 Å². The predicted molar refractivity (Wildman–Crippen MR) is 137 cm³/mol. The molecule has 4 aromatic rings. The lowest BCUT2D eigenvalue weighted by atomic mass is 10.1. The van der Waals surface area contributed by atoms with Gasteiger partial charge in [-0.15, -0.1) is 0 Å². The van der Waals surface area contributed by atoms with E-state index in [4.69, 9.17) is 21.3 Å². The largest absolute Gasteiger partial charge is 0.492 e. The molecule has 5 rings (SSSR count). The van der Waals surface area contributed by atoms with Gasteiger partial charge in [-0.3, -0.25) is 4.79 Å². The molecule has 6 heteroatoms. The summed E-state index contributed by atoms with van der Waals surface area (Å²) in [6.45, 7) is 6.08. The van der Waals surface area contributed by atoms with Gasteiger partial charge in [0, 0.05) is 31.1 Å². The van der Waals surface area contributed by atoms with E-state index in [2.05, 4.69) is 36.6 Å². The highest BCUT2D eigenvalue weighted by Gasteiger charge is 2.35. The molecule has 2 heterocycles. The maximum Gasteiger partial charge on any atom is 0.227 e. The first-order valence-corrected chi connectivity index (χ1v) is 12.1. The standard InChI is InChI=1S/C28H28ClN3O2/c1-19-9-7-10-20(2)27(19)32-18-21(17-26(32)33)28-30-23-12-4-5-13-24(23)31(28)15-8-16-34-25-14-6-3-11-22(25)29/h3-7,9-14,21H,8,15-18H2,1-2H3. The fourth-order valence-corrected chi connectivity index (χ4v) is 5.13. The Bertz CT molecular complexity index is 1330. The van der Waals surface area contributed by atoms with E-state index in [1.54, 1.807) is 0 Å². The number of anilines is 1. The molecule has 5 nitrogen and oxygen atoms in total. The van der Waals surface area contributed by atoms with Crippen LogP contribution in [0.5, 0.6) is 5.75 Å². The number of nitrogens with zero attached hydrogens (tertiary/aromatic N) is 3. The van der Waals surface area contributed by atoms with Crippen LogP contribution in [-0.4, -0.2) is 28.6 Å². The van der Waals surface area contributed by atoms with Crippen LogP contribution in [0.25, 0.3) is 11.0 Å². The van der Waals surface area contributed by atoms with E-state index in [9.17, 15) is 4.79 Å². The zero-order chi connectivity index (χ0) is 23.7. The van der Waals surface area contributed by atoms with Crippen molar-refractivity contribution in [2.45, 2.75) is 39.2 Å². The smallest absolute Gasteiger partial charge is 0.227 e. The molecule has 1 aliphatic heterocycles. The molecule has 174 valence electrons. The van der Waals surface area contributed by atoms with Gasteiger partial charge in [0.1, 0.15) is 11.6 Å². The van der Waals surface area contributed by atoms with Gasteiger partial charge < -0.3 is 14.2 Å². The van der Waals surface area contributed by atoms with Gasteiger partial charge in [-0.2, -0.15) is 0 Å². The molecule has 0 N–H and O–H groups in total. The SMILES string of the molecule is Cc1cccc(C)c1N1CC(c2nc3ccccc3n2CCCOc2ccccc2Cl)CC1=O. The first-order chi connectivity index (χ1) is 16.5. The summed E-state index contributed by atoms with van der Waals surface area (Å²) in [7, 11) is 0. The van der Waals surface area contributed by atoms with Crippen molar-refractivity contribution in [3.8, 4) is 5.75 Å². The number of benzene rings is 3. The van der Waals surface area contributed by atoms with E-state index in [-0.39, 0.29) is 11.8 Å². The number of ether oxygens (including phenoxy) is 1. The molecule has 1 unspecified atom stereocenters. The number of aryl methyl sites for hydroxylation is 3. The van der Waals surface area contributed by atoms with E-state index in [0.717, 1.165) is 46.6 Å². The summed E-state index contributed by atoms with van der Waals surface area (Å²) in [5, 5.41) is 0.618. The minimum Gasteiger partial charge on any atom is -0.492 e. The third-order valence-corrected chi connectivity index (χ3v) is 6.82. The third kappa shape index (κ3) is 4.28. The number of hydrogen-bond acceptors (Lipinski definition) is 3. The summed E-state index contributed by atoms with van der Waals surface area (Å²) in [5.74, 6) is 1.87. The normalized spacial score (nSPS) is 15.9. The number of rotatable bonds is 7. The van der Waals surface area contributed by atoms with Crippen LogP contribution >= 0.6 is 11.6 Å². The second kappa shape index (κ2) is 9.51. The van der Waals surface area contributed by atoms with Crippen LogP contribution in [0.3, 0.4) is 0 Å². The Balaban J connectivity index is 1.38. The van der Waals surface area contributed by atoms with Crippen LogP contribution in [0.4, 0.5) is 5.69 Å². The molecule has 1 atom stereocenters. The van der Waals surface area contributed by atoms with Gasteiger partial charge in [0.05, 0.1) is 22.7 Å². The number of hydrogen-bond donors (Lipinski definition) is 0. The van der Waals surface area contributed by atoms with Crippen LogP contribution in [0.15, 0.2) is 66.7 Å². The summed E-state index contributed by atoms with van der Waals surface area (Å²) in [6.07, 6.45) is 1.27. The molecule has 0 bridgehead atoms. The third-order valence-electron chi connectivity index (χ3n) is 6.50. The number of para-hydroxylation sites is 4. The van der Waals surface area contributed by atoms with Gasteiger partial charge in [-0.25, -0.2) is 4.98 Å². The monoisotopic (exact) mass is 473 g/mol. The lowest BCUT2D eigenvalue weighted by Gasteiger charge is -2.21. The highest BCUT2D eigenvalue weighted by Crippen LogP contribution is 2.36.